The number of carbonyl (C=O) groups excluding carboxylic acids is 1. The SMILES string of the molecule is Cc1ccc(CN(CC(=O)NC[C@@H]2COc3ccccc3O2)S(C)(=O)=O)cc1. The molecule has 2 aromatic rings. The van der Waals surface area contributed by atoms with Crippen molar-refractivity contribution in [3.8, 4) is 11.5 Å². The summed E-state index contributed by atoms with van der Waals surface area (Å²) < 4.78 is 36.7. The van der Waals surface area contributed by atoms with E-state index >= 15 is 0 Å². The zero-order valence-electron chi connectivity index (χ0n) is 15.9. The van der Waals surface area contributed by atoms with Crippen LogP contribution >= 0.6 is 0 Å². The highest BCUT2D eigenvalue weighted by Crippen LogP contribution is 2.30. The molecule has 7 nitrogen and oxygen atoms in total. The molecular formula is C20H24N2O5S. The first kappa shape index (κ1) is 20.2. The maximum atomic E-state index is 12.3. The molecule has 1 N–H and O–H groups in total. The van der Waals surface area contributed by atoms with Crippen LogP contribution in [0.4, 0.5) is 0 Å². The number of hydrogen-bond donors (Lipinski definition) is 1. The van der Waals surface area contributed by atoms with Crippen LogP contribution < -0.4 is 14.8 Å². The molecule has 1 amide bonds. The van der Waals surface area contributed by atoms with Gasteiger partial charge in [0.25, 0.3) is 0 Å². The van der Waals surface area contributed by atoms with Crippen LogP contribution in [0.3, 0.4) is 0 Å². The molecular weight excluding hydrogens is 380 g/mol. The van der Waals surface area contributed by atoms with Gasteiger partial charge in [0, 0.05) is 6.54 Å². The van der Waals surface area contributed by atoms with Crippen LogP contribution in [-0.4, -0.2) is 50.7 Å². The van der Waals surface area contributed by atoms with Crippen LogP contribution in [0.15, 0.2) is 48.5 Å². The number of hydrogen-bond acceptors (Lipinski definition) is 5. The Balaban J connectivity index is 1.55. The molecule has 3 rings (SSSR count). The summed E-state index contributed by atoms with van der Waals surface area (Å²) in [5.74, 6) is 0.913. The van der Waals surface area contributed by atoms with E-state index in [0.29, 0.717) is 18.1 Å². The fraction of sp³-hybridized carbons (Fsp3) is 0.350. The number of benzene rings is 2. The summed E-state index contributed by atoms with van der Waals surface area (Å²) in [4.78, 5) is 12.3. The molecule has 0 aromatic heterocycles. The summed E-state index contributed by atoms with van der Waals surface area (Å²) in [6.07, 6.45) is 0.770. The number of amides is 1. The highest BCUT2D eigenvalue weighted by Gasteiger charge is 2.23. The zero-order valence-corrected chi connectivity index (χ0v) is 16.7. The van der Waals surface area contributed by atoms with Gasteiger partial charge in [0.2, 0.25) is 15.9 Å². The second kappa shape index (κ2) is 8.62. The minimum atomic E-state index is -3.53. The number of ether oxygens (including phenoxy) is 2. The van der Waals surface area contributed by atoms with Gasteiger partial charge in [-0.05, 0) is 24.6 Å². The number of fused-ring (bicyclic) bond motifs is 1. The summed E-state index contributed by atoms with van der Waals surface area (Å²) in [6.45, 7) is 2.40. The van der Waals surface area contributed by atoms with E-state index in [1.807, 2.05) is 49.4 Å². The lowest BCUT2D eigenvalue weighted by Crippen LogP contribution is -2.45. The van der Waals surface area contributed by atoms with Gasteiger partial charge in [-0.15, -0.1) is 0 Å². The molecule has 1 aliphatic rings. The van der Waals surface area contributed by atoms with E-state index in [-0.39, 0.29) is 31.6 Å². The number of nitrogens with one attached hydrogen (secondary N) is 1. The molecule has 28 heavy (non-hydrogen) atoms. The van der Waals surface area contributed by atoms with E-state index in [4.69, 9.17) is 9.47 Å². The summed E-state index contributed by atoms with van der Waals surface area (Å²) in [7, 11) is -3.53. The Morgan fingerprint density at radius 1 is 1.14 bits per heavy atom. The van der Waals surface area contributed by atoms with Gasteiger partial charge >= 0.3 is 0 Å². The minimum absolute atomic E-state index is 0.142. The van der Waals surface area contributed by atoms with Gasteiger partial charge in [0.1, 0.15) is 12.7 Å². The predicted molar refractivity (Wildman–Crippen MR) is 106 cm³/mol. The van der Waals surface area contributed by atoms with E-state index < -0.39 is 10.0 Å². The van der Waals surface area contributed by atoms with Gasteiger partial charge in [-0.3, -0.25) is 4.79 Å². The first-order chi connectivity index (χ1) is 13.3. The molecule has 0 spiro atoms. The third-order valence-corrected chi connectivity index (χ3v) is 5.56. The molecule has 1 heterocycles. The van der Waals surface area contributed by atoms with Crippen molar-refractivity contribution in [2.24, 2.45) is 0 Å². The minimum Gasteiger partial charge on any atom is -0.486 e. The lowest BCUT2D eigenvalue weighted by molar-refractivity contribution is -0.121. The molecule has 0 fully saturated rings. The smallest absolute Gasteiger partial charge is 0.235 e. The van der Waals surface area contributed by atoms with Crippen molar-refractivity contribution in [3.63, 3.8) is 0 Å². The Bertz CT molecular complexity index is 928. The van der Waals surface area contributed by atoms with Crippen molar-refractivity contribution in [2.75, 3.05) is 26.0 Å². The Morgan fingerprint density at radius 3 is 2.50 bits per heavy atom. The third kappa shape index (κ3) is 5.46. The molecule has 1 aliphatic heterocycles. The first-order valence-electron chi connectivity index (χ1n) is 8.97. The van der Waals surface area contributed by atoms with E-state index in [1.54, 1.807) is 6.07 Å². The molecule has 150 valence electrons. The van der Waals surface area contributed by atoms with Crippen molar-refractivity contribution in [2.45, 2.75) is 19.6 Å². The second-order valence-electron chi connectivity index (χ2n) is 6.82. The molecule has 0 bridgehead atoms. The second-order valence-corrected chi connectivity index (χ2v) is 8.80. The third-order valence-electron chi connectivity index (χ3n) is 4.36. The average Bonchev–Trinajstić information content (AvgIpc) is 2.66. The number of rotatable bonds is 7. The fourth-order valence-electron chi connectivity index (χ4n) is 2.79. The summed E-state index contributed by atoms with van der Waals surface area (Å²) in [5.41, 5.74) is 1.91. The van der Waals surface area contributed by atoms with Gasteiger partial charge in [0.15, 0.2) is 11.5 Å². The predicted octanol–water partition coefficient (Wildman–Crippen LogP) is 1.71. The molecule has 0 aliphatic carbocycles. The van der Waals surface area contributed by atoms with Crippen LogP contribution in [0, 0.1) is 6.92 Å². The number of sulfonamides is 1. The van der Waals surface area contributed by atoms with Crippen molar-refractivity contribution >= 4 is 15.9 Å². The van der Waals surface area contributed by atoms with Crippen LogP contribution in [0.25, 0.3) is 0 Å². The van der Waals surface area contributed by atoms with Crippen LogP contribution in [-0.2, 0) is 21.4 Å². The Kier molecular flexibility index (Phi) is 6.21. The molecule has 8 heteroatoms. The standard InChI is InChI=1S/C20H24N2O5S/c1-15-7-9-16(10-8-15)12-22(28(2,24)25)13-20(23)21-11-17-14-26-18-5-3-4-6-19(18)27-17/h3-10,17H,11-14H2,1-2H3,(H,21,23)/t17-/m1/s1. The number of para-hydroxylation sites is 2. The van der Waals surface area contributed by atoms with Crippen LogP contribution in [0.1, 0.15) is 11.1 Å². The van der Waals surface area contributed by atoms with E-state index in [0.717, 1.165) is 21.7 Å². The zero-order chi connectivity index (χ0) is 20.1. The van der Waals surface area contributed by atoms with Gasteiger partial charge in [-0.1, -0.05) is 42.0 Å². The van der Waals surface area contributed by atoms with Gasteiger partial charge in [0.05, 0.1) is 19.3 Å². The average molecular weight is 404 g/mol. The highest BCUT2D eigenvalue weighted by molar-refractivity contribution is 7.88. The van der Waals surface area contributed by atoms with Gasteiger partial charge in [-0.25, -0.2) is 8.42 Å². The maximum Gasteiger partial charge on any atom is 0.235 e. The van der Waals surface area contributed by atoms with Crippen molar-refractivity contribution < 1.29 is 22.7 Å². The van der Waals surface area contributed by atoms with Crippen LogP contribution in [0.2, 0.25) is 0 Å². The monoisotopic (exact) mass is 404 g/mol. The van der Waals surface area contributed by atoms with Crippen molar-refractivity contribution in [1.29, 1.82) is 0 Å². The molecule has 0 saturated carbocycles. The number of aryl methyl sites for hydroxylation is 1. The molecule has 2 aromatic carbocycles. The van der Waals surface area contributed by atoms with Crippen molar-refractivity contribution in [3.05, 3.63) is 59.7 Å². The fourth-order valence-corrected chi connectivity index (χ4v) is 3.53. The quantitative estimate of drug-likeness (QED) is 0.760. The maximum absolute atomic E-state index is 12.3. The normalized spacial score (nSPS) is 16.0. The van der Waals surface area contributed by atoms with Crippen molar-refractivity contribution in [1.82, 2.24) is 9.62 Å². The Morgan fingerprint density at radius 2 is 1.82 bits per heavy atom. The van der Waals surface area contributed by atoms with Crippen LogP contribution in [0.5, 0.6) is 11.5 Å². The lowest BCUT2D eigenvalue weighted by Gasteiger charge is -2.27. The number of nitrogens with zero attached hydrogens (tertiary/aromatic N) is 1. The Hall–Kier alpha value is -2.58. The molecule has 0 saturated heterocycles. The molecule has 1 atom stereocenters. The molecule has 0 unspecified atom stereocenters. The lowest BCUT2D eigenvalue weighted by atomic mass is 10.1. The topological polar surface area (TPSA) is 84.9 Å². The van der Waals surface area contributed by atoms with E-state index in [9.17, 15) is 13.2 Å². The van der Waals surface area contributed by atoms with Gasteiger partial charge in [-0.2, -0.15) is 4.31 Å². The van der Waals surface area contributed by atoms with Gasteiger partial charge < -0.3 is 14.8 Å². The van der Waals surface area contributed by atoms with E-state index in [1.165, 1.54) is 0 Å². The largest absolute Gasteiger partial charge is 0.486 e. The number of carbonyl (C=O) groups is 1. The summed E-state index contributed by atoms with van der Waals surface area (Å²) in [6, 6.07) is 14.9. The molecule has 0 radical (unpaired) electrons. The van der Waals surface area contributed by atoms with E-state index in [2.05, 4.69) is 5.32 Å². The first-order valence-corrected chi connectivity index (χ1v) is 10.8. The Labute approximate surface area is 165 Å². The highest BCUT2D eigenvalue weighted by atomic mass is 32.2. The summed E-state index contributed by atoms with van der Waals surface area (Å²) in [5, 5.41) is 2.73. The summed E-state index contributed by atoms with van der Waals surface area (Å²) >= 11 is 0.